The van der Waals surface area contributed by atoms with Crippen LogP contribution in [0.3, 0.4) is 0 Å². The Morgan fingerprint density at radius 3 is 2.81 bits per heavy atom. The molecule has 0 aliphatic rings. The van der Waals surface area contributed by atoms with E-state index in [0.717, 1.165) is 28.4 Å². The van der Waals surface area contributed by atoms with Gasteiger partial charge in [0.25, 0.3) is 5.91 Å². The molecule has 4 nitrogen and oxygen atoms in total. The molecule has 0 unspecified atom stereocenters. The van der Waals surface area contributed by atoms with Gasteiger partial charge in [-0.3, -0.25) is 4.79 Å². The van der Waals surface area contributed by atoms with E-state index < -0.39 is 0 Å². The molecular formula is C21H22N2O2S. The molecular weight excluding hydrogens is 344 g/mol. The molecule has 3 aromatic rings. The third-order valence-electron chi connectivity index (χ3n) is 3.81. The van der Waals surface area contributed by atoms with E-state index in [4.69, 9.17) is 4.74 Å². The smallest absolute Gasteiger partial charge is 0.251 e. The highest BCUT2D eigenvalue weighted by Gasteiger charge is 2.08. The molecule has 1 N–H and O–H groups in total. The van der Waals surface area contributed by atoms with E-state index in [1.165, 1.54) is 0 Å². The van der Waals surface area contributed by atoms with Crippen LogP contribution in [-0.2, 0) is 6.42 Å². The first-order chi connectivity index (χ1) is 12.8. The van der Waals surface area contributed by atoms with Crippen molar-refractivity contribution in [2.24, 2.45) is 0 Å². The second kappa shape index (κ2) is 9.15. The summed E-state index contributed by atoms with van der Waals surface area (Å²) in [6, 6.07) is 17.4. The van der Waals surface area contributed by atoms with Gasteiger partial charge in [-0.05, 0) is 24.6 Å². The van der Waals surface area contributed by atoms with Crippen molar-refractivity contribution in [1.29, 1.82) is 0 Å². The summed E-state index contributed by atoms with van der Waals surface area (Å²) < 4.78 is 5.58. The Bertz CT molecular complexity index is 846. The van der Waals surface area contributed by atoms with Crippen molar-refractivity contribution in [2.75, 3.05) is 13.2 Å². The zero-order valence-electron chi connectivity index (χ0n) is 14.8. The Morgan fingerprint density at radius 1 is 1.15 bits per heavy atom. The Hall–Kier alpha value is -2.66. The highest BCUT2D eigenvalue weighted by atomic mass is 32.1. The number of benzene rings is 2. The predicted molar refractivity (Wildman–Crippen MR) is 106 cm³/mol. The lowest BCUT2D eigenvalue weighted by Crippen LogP contribution is -2.25. The van der Waals surface area contributed by atoms with Crippen molar-refractivity contribution in [3.63, 3.8) is 0 Å². The molecule has 1 heterocycles. The normalized spacial score (nSPS) is 10.5. The van der Waals surface area contributed by atoms with Gasteiger partial charge >= 0.3 is 0 Å². The molecule has 0 atom stereocenters. The van der Waals surface area contributed by atoms with Gasteiger partial charge in [-0.15, -0.1) is 11.3 Å². The number of carbonyl (C=O) groups is 1. The molecule has 0 spiro atoms. The van der Waals surface area contributed by atoms with Crippen molar-refractivity contribution in [1.82, 2.24) is 10.3 Å². The quantitative estimate of drug-likeness (QED) is 0.635. The maximum atomic E-state index is 12.3. The van der Waals surface area contributed by atoms with Crippen LogP contribution < -0.4 is 10.1 Å². The van der Waals surface area contributed by atoms with E-state index in [0.29, 0.717) is 25.1 Å². The van der Waals surface area contributed by atoms with Crippen molar-refractivity contribution < 1.29 is 9.53 Å². The van der Waals surface area contributed by atoms with E-state index in [1.807, 2.05) is 35.7 Å². The molecule has 0 saturated carbocycles. The fourth-order valence-corrected chi connectivity index (χ4v) is 3.35. The number of thiazole rings is 1. The first-order valence-electron chi connectivity index (χ1n) is 8.77. The van der Waals surface area contributed by atoms with Gasteiger partial charge < -0.3 is 10.1 Å². The number of aromatic nitrogens is 1. The average Bonchev–Trinajstić information content (AvgIpc) is 3.16. The number of nitrogens with one attached hydrogen (secondary N) is 1. The Morgan fingerprint density at radius 2 is 2.00 bits per heavy atom. The van der Waals surface area contributed by atoms with E-state index in [1.54, 1.807) is 23.5 Å². The molecule has 26 heavy (non-hydrogen) atoms. The molecule has 0 bridgehead atoms. The van der Waals surface area contributed by atoms with Gasteiger partial charge in [-0.2, -0.15) is 0 Å². The number of ether oxygens (including phenoxy) is 1. The number of amides is 1. The summed E-state index contributed by atoms with van der Waals surface area (Å²) in [6.07, 6.45) is 1.65. The minimum absolute atomic E-state index is 0.0922. The Kier molecular flexibility index (Phi) is 6.39. The van der Waals surface area contributed by atoms with Crippen LogP contribution in [0.1, 0.15) is 29.4 Å². The summed E-state index contributed by atoms with van der Waals surface area (Å²) in [5, 5.41) is 6.01. The van der Waals surface area contributed by atoms with Crippen molar-refractivity contribution in [3.8, 4) is 16.3 Å². The van der Waals surface area contributed by atoms with E-state index in [-0.39, 0.29) is 5.91 Å². The second-order valence-electron chi connectivity index (χ2n) is 5.89. The molecule has 0 aliphatic carbocycles. The summed E-state index contributed by atoms with van der Waals surface area (Å²) in [5.74, 6) is 0.636. The summed E-state index contributed by atoms with van der Waals surface area (Å²) in [5.41, 5.74) is 2.73. The Balaban J connectivity index is 1.52. The minimum Gasteiger partial charge on any atom is -0.494 e. The highest BCUT2D eigenvalue weighted by molar-refractivity contribution is 7.13. The van der Waals surface area contributed by atoms with Crippen LogP contribution in [-0.4, -0.2) is 24.0 Å². The van der Waals surface area contributed by atoms with Gasteiger partial charge in [0.2, 0.25) is 0 Å². The fraction of sp³-hybridized carbons (Fsp3) is 0.238. The van der Waals surface area contributed by atoms with Gasteiger partial charge in [0.1, 0.15) is 10.8 Å². The van der Waals surface area contributed by atoms with Crippen LogP contribution in [0.5, 0.6) is 5.75 Å². The number of rotatable bonds is 8. The largest absolute Gasteiger partial charge is 0.494 e. The monoisotopic (exact) mass is 366 g/mol. The van der Waals surface area contributed by atoms with Gasteiger partial charge in [0.05, 0.1) is 12.3 Å². The van der Waals surface area contributed by atoms with Crippen LogP contribution >= 0.6 is 11.3 Å². The van der Waals surface area contributed by atoms with Gasteiger partial charge in [-0.25, -0.2) is 4.98 Å². The van der Waals surface area contributed by atoms with E-state index in [9.17, 15) is 4.79 Å². The van der Waals surface area contributed by atoms with Gasteiger partial charge in [0.15, 0.2) is 0 Å². The second-order valence-corrected chi connectivity index (χ2v) is 6.75. The SMILES string of the molecule is CCCOc1cccc(C(=O)NCCc2csc(-c3ccccc3)n2)c1. The standard InChI is InChI=1S/C21H22N2O2S/c1-2-13-25-19-10-6-9-17(14-19)20(24)22-12-11-18-15-26-21(23-18)16-7-4-3-5-8-16/h3-10,14-15H,2,11-13H2,1H3,(H,22,24). The maximum Gasteiger partial charge on any atom is 0.251 e. The summed E-state index contributed by atoms with van der Waals surface area (Å²) >= 11 is 1.63. The first kappa shape index (κ1) is 18.1. The predicted octanol–water partition coefficient (Wildman–Crippen LogP) is 4.57. The lowest BCUT2D eigenvalue weighted by Gasteiger charge is -2.07. The third kappa shape index (κ3) is 4.92. The number of carbonyl (C=O) groups excluding carboxylic acids is 1. The van der Waals surface area contributed by atoms with Crippen LogP contribution in [0.4, 0.5) is 0 Å². The maximum absolute atomic E-state index is 12.3. The first-order valence-corrected chi connectivity index (χ1v) is 9.65. The van der Waals surface area contributed by atoms with Gasteiger partial charge in [-0.1, -0.05) is 43.3 Å². The minimum atomic E-state index is -0.0922. The molecule has 0 radical (unpaired) electrons. The lowest BCUT2D eigenvalue weighted by atomic mass is 10.2. The molecule has 1 amide bonds. The average molecular weight is 366 g/mol. The van der Waals surface area contributed by atoms with Crippen LogP contribution in [0, 0.1) is 0 Å². The number of nitrogens with zero attached hydrogens (tertiary/aromatic N) is 1. The summed E-state index contributed by atoms with van der Waals surface area (Å²) in [6.45, 7) is 3.26. The highest BCUT2D eigenvalue weighted by Crippen LogP contribution is 2.23. The van der Waals surface area contributed by atoms with E-state index in [2.05, 4.69) is 29.4 Å². The molecule has 0 aliphatic heterocycles. The zero-order valence-corrected chi connectivity index (χ0v) is 15.6. The molecule has 0 fully saturated rings. The molecule has 5 heteroatoms. The zero-order chi connectivity index (χ0) is 18.2. The summed E-state index contributed by atoms with van der Waals surface area (Å²) in [4.78, 5) is 16.9. The van der Waals surface area contributed by atoms with E-state index >= 15 is 0 Å². The van der Waals surface area contributed by atoms with Crippen LogP contribution in [0.25, 0.3) is 10.6 Å². The summed E-state index contributed by atoms with van der Waals surface area (Å²) in [7, 11) is 0. The van der Waals surface area contributed by atoms with Crippen molar-refractivity contribution >= 4 is 17.2 Å². The van der Waals surface area contributed by atoms with Gasteiger partial charge in [0, 0.05) is 29.5 Å². The molecule has 3 rings (SSSR count). The van der Waals surface area contributed by atoms with Crippen molar-refractivity contribution in [3.05, 3.63) is 71.2 Å². The third-order valence-corrected chi connectivity index (χ3v) is 4.75. The van der Waals surface area contributed by atoms with Crippen LogP contribution in [0.15, 0.2) is 60.0 Å². The van der Waals surface area contributed by atoms with Crippen LogP contribution in [0.2, 0.25) is 0 Å². The number of hydrogen-bond acceptors (Lipinski definition) is 4. The molecule has 2 aromatic carbocycles. The molecule has 1 aromatic heterocycles. The topological polar surface area (TPSA) is 51.2 Å². The lowest BCUT2D eigenvalue weighted by molar-refractivity contribution is 0.0953. The fourth-order valence-electron chi connectivity index (χ4n) is 2.49. The Labute approximate surface area is 157 Å². The van der Waals surface area contributed by atoms with Crippen molar-refractivity contribution in [2.45, 2.75) is 19.8 Å². The number of hydrogen-bond donors (Lipinski definition) is 1. The molecule has 0 saturated heterocycles. The molecule has 134 valence electrons.